The Morgan fingerprint density at radius 1 is 0.545 bits per heavy atom. The number of aromatic nitrogens is 1. The number of para-hydroxylation sites is 2. The second kappa shape index (κ2) is 7.99. The molecule has 1 aromatic heterocycles. The van der Waals surface area contributed by atoms with Crippen molar-refractivity contribution < 1.29 is 4.79 Å². The van der Waals surface area contributed by atoms with Gasteiger partial charge in [-0.1, -0.05) is 78.9 Å². The maximum absolute atomic E-state index is 11.5. The fourth-order valence-electron chi connectivity index (χ4n) is 4.55. The molecule has 33 heavy (non-hydrogen) atoms. The molecule has 0 atom stereocenters. The Balaban J connectivity index is 0.000000131. The number of fused-ring (bicyclic) bond motifs is 6. The summed E-state index contributed by atoms with van der Waals surface area (Å²) >= 11 is 0. The van der Waals surface area contributed by atoms with Gasteiger partial charge < -0.3 is 0 Å². The van der Waals surface area contributed by atoms with Gasteiger partial charge in [0.1, 0.15) is 0 Å². The quantitative estimate of drug-likeness (QED) is 0.224. The van der Waals surface area contributed by atoms with Crippen LogP contribution in [0.4, 0.5) is 0 Å². The monoisotopic (exact) mass is 423 g/mol. The van der Waals surface area contributed by atoms with Gasteiger partial charge in [-0.3, -0.25) is 4.79 Å². The largest absolute Gasteiger partial charge is 0.294 e. The van der Waals surface area contributed by atoms with Crippen molar-refractivity contribution in [1.82, 2.24) is 4.98 Å². The van der Waals surface area contributed by atoms with Crippen molar-refractivity contribution in [2.45, 2.75) is 6.42 Å². The second-order valence-electron chi connectivity index (χ2n) is 8.38. The van der Waals surface area contributed by atoms with E-state index in [1.54, 1.807) is 6.08 Å². The topological polar surface area (TPSA) is 30.0 Å². The van der Waals surface area contributed by atoms with Gasteiger partial charge in [0.2, 0.25) is 0 Å². The molecule has 1 heterocycles. The molecule has 0 radical (unpaired) electrons. The predicted molar refractivity (Wildman–Crippen MR) is 139 cm³/mol. The summed E-state index contributed by atoms with van der Waals surface area (Å²) < 4.78 is 0. The molecule has 0 fully saturated rings. The summed E-state index contributed by atoms with van der Waals surface area (Å²) in [5.41, 5.74) is 2.12. The molecule has 5 aromatic carbocycles. The molecule has 156 valence electrons. The third kappa shape index (κ3) is 3.66. The van der Waals surface area contributed by atoms with Crippen LogP contribution in [0.2, 0.25) is 0 Å². The highest BCUT2D eigenvalue weighted by molar-refractivity contribution is 6.11. The molecule has 1 aliphatic rings. The van der Waals surface area contributed by atoms with E-state index in [1.165, 1.54) is 37.5 Å². The molecule has 6 aromatic rings. The van der Waals surface area contributed by atoms with Gasteiger partial charge in [0, 0.05) is 17.2 Å². The molecular weight excluding hydrogens is 402 g/mol. The van der Waals surface area contributed by atoms with Crippen LogP contribution in [0, 0.1) is 0 Å². The van der Waals surface area contributed by atoms with Gasteiger partial charge in [-0.05, 0) is 68.4 Å². The average Bonchev–Trinajstić information content (AvgIpc) is 2.86. The van der Waals surface area contributed by atoms with E-state index in [0.717, 1.165) is 16.3 Å². The summed E-state index contributed by atoms with van der Waals surface area (Å²) in [6.07, 6.45) is 4.30. The molecular formula is C31H21NO. The lowest BCUT2D eigenvalue weighted by Gasteiger charge is -2.06. The third-order valence-electron chi connectivity index (χ3n) is 6.21. The van der Waals surface area contributed by atoms with Gasteiger partial charge in [0.05, 0.1) is 11.0 Å². The number of hydrogen-bond donors (Lipinski definition) is 0. The van der Waals surface area contributed by atoms with Crippen molar-refractivity contribution >= 4 is 61.3 Å². The van der Waals surface area contributed by atoms with E-state index in [2.05, 4.69) is 71.7 Å². The molecule has 2 heteroatoms. The Hall–Kier alpha value is -4.30. The molecule has 0 bridgehead atoms. The van der Waals surface area contributed by atoms with Crippen molar-refractivity contribution in [2.75, 3.05) is 0 Å². The normalized spacial score (nSPS) is 12.7. The lowest BCUT2D eigenvalue weighted by molar-refractivity contribution is -0.112. The number of benzene rings is 5. The van der Waals surface area contributed by atoms with Crippen LogP contribution in [0.25, 0.3) is 55.5 Å². The summed E-state index contributed by atoms with van der Waals surface area (Å²) in [7, 11) is 0. The number of carbonyl (C=O) groups excluding carboxylic acids is 1. The smallest absolute Gasteiger partial charge is 0.160 e. The fraction of sp³-hybridized carbons (Fsp3) is 0.0323. The minimum Gasteiger partial charge on any atom is -0.294 e. The first-order valence-electron chi connectivity index (χ1n) is 11.2. The van der Waals surface area contributed by atoms with Crippen LogP contribution < -0.4 is 10.4 Å². The van der Waals surface area contributed by atoms with Gasteiger partial charge in [0.25, 0.3) is 0 Å². The first kappa shape index (κ1) is 19.4. The highest BCUT2D eigenvalue weighted by atomic mass is 16.1. The first-order chi connectivity index (χ1) is 16.2. The van der Waals surface area contributed by atoms with Crippen molar-refractivity contribution in [3.63, 3.8) is 0 Å². The van der Waals surface area contributed by atoms with Gasteiger partial charge in [-0.2, -0.15) is 0 Å². The van der Waals surface area contributed by atoms with Crippen molar-refractivity contribution in [3.8, 4) is 0 Å². The number of ketones is 1. The zero-order valence-corrected chi connectivity index (χ0v) is 18.0. The Morgan fingerprint density at radius 2 is 1.18 bits per heavy atom. The summed E-state index contributed by atoms with van der Waals surface area (Å²) in [4.78, 5) is 16.1. The minimum atomic E-state index is 0.188. The molecule has 2 nitrogen and oxygen atoms in total. The summed E-state index contributed by atoms with van der Waals surface area (Å²) in [6, 6.07) is 35.6. The molecule has 7 rings (SSSR count). The van der Waals surface area contributed by atoms with Crippen molar-refractivity contribution in [2.24, 2.45) is 0 Å². The average molecular weight is 424 g/mol. The fourth-order valence-corrected chi connectivity index (χ4v) is 4.55. The van der Waals surface area contributed by atoms with Crippen molar-refractivity contribution in [1.29, 1.82) is 0 Å². The van der Waals surface area contributed by atoms with Crippen LogP contribution in [0.5, 0.6) is 0 Å². The number of nitrogens with zero attached hydrogens (tertiary/aromatic N) is 1. The zero-order valence-electron chi connectivity index (χ0n) is 18.0. The third-order valence-corrected chi connectivity index (χ3v) is 6.21. The maximum Gasteiger partial charge on any atom is 0.160 e. The van der Waals surface area contributed by atoms with E-state index in [1.807, 2.05) is 42.5 Å². The number of hydrogen-bond acceptors (Lipinski definition) is 2. The summed E-state index contributed by atoms with van der Waals surface area (Å²) in [5.74, 6) is 0.188. The Bertz CT molecular complexity index is 1710. The van der Waals surface area contributed by atoms with Crippen LogP contribution in [-0.4, -0.2) is 10.8 Å². The number of pyridine rings is 1. The van der Waals surface area contributed by atoms with E-state index in [4.69, 9.17) is 0 Å². The second-order valence-corrected chi connectivity index (χ2v) is 8.38. The van der Waals surface area contributed by atoms with Crippen LogP contribution in [0.3, 0.4) is 0 Å². The summed E-state index contributed by atoms with van der Waals surface area (Å²) in [5, 5.41) is 9.59. The standard InChI is InChI=1S/C18H12O.C13H9N/c19-16-8-7-13-11-18-14(9-15(13)10-16)6-5-12-3-1-2-4-17(12)18;1-3-7-12-10(5-1)9-11-6-2-4-8-13(11)14-12/h1-7,9-11H,8H2;1-9H. The van der Waals surface area contributed by atoms with E-state index < -0.39 is 0 Å². The van der Waals surface area contributed by atoms with Crippen LogP contribution in [-0.2, 0) is 4.79 Å². The number of carbonyl (C=O) groups is 1. The molecule has 0 spiro atoms. The van der Waals surface area contributed by atoms with E-state index in [9.17, 15) is 4.79 Å². The Kier molecular flexibility index (Phi) is 4.70. The van der Waals surface area contributed by atoms with E-state index >= 15 is 0 Å². The van der Waals surface area contributed by atoms with Gasteiger partial charge in [0.15, 0.2) is 5.78 Å². The lowest BCUT2D eigenvalue weighted by Crippen LogP contribution is -2.28. The minimum absolute atomic E-state index is 0.188. The van der Waals surface area contributed by atoms with Gasteiger partial charge in [-0.15, -0.1) is 0 Å². The SMILES string of the molecule is O=C1C=c2cc3ccc4ccccc4c3cc2=CC1.c1ccc2nc3ccccc3cc2c1. The molecule has 0 saturated carbocycles. The molecule has 0 unspecified atom stereocenters. The van der Waals surface area contributed by atoms with Crippen LogP contribution in [0.1, 0.15) is 6.42 Å². The molecule has 1 aliphatic carbocycles. The van der Waals surface area contributed by atoms with E-state index in [0.29, 0.717) is 6.42 Å². The molecule has 0 amide bonds. The maximum atomic E-state index is 11.5. The molecule has 0 saturated heterocycles. The molecule has 0 N–H and O–H groups in total. The van der Waals surface area contributed by atoms with Gasteiger partial charge >= 0.3 is 0 Å². The van der Waals surface area contributed by atoms with E-state index in [-0.39, 0.29) is 5.78 Å². The predicted octanol–water partition coefficient (Wildman–Crippen LogP) is 5.91. The number of Topliss-reactive ketones (excluding diaryl/α,β-unsaturated/α-hetero) is 1. The van der Waals surface area contributed by atoms with Crippen molar-refractivity contribution in [3.05, 3.63) is 114 Å². The van der Waals surface area contributed by atoms with Crippen LogP contribution >= 0.6 is 0 Å². The Labute approximate surface area is 191 Å². The molecule has 0 aliphatic heterocycles. The first-order valence-corrected chi connectivity index (χ1v) is 11.2. The lowest BCUT2D eigenvalue weighted by atomic mass is 9.98. The Morgan fingerprint density at radius 3 is 1.94 bits per heavy atom. The number of rotatable bonds is 0. The van der Waals surface area contributed by atoms with Gasteiger partial charge in [-0.25, -0.2) is 4.98 Å². The van der Waals surface area contributed by atoms with Crippen LogP contribution in [0.15, 0.2) is 103 Å². The highest BCUT2D eigenvalue weighted by Gasteiger charge is 2.05. The highest BCUT2D eigenvalue weighted by Crippen LogP contribution is 2.23. The zero-order chi connectivity index (χ0) is 22.2. The summed E-state index contributed by atoms with van der Waals surface area (Å²) in [6.45, 7) is 0.